The normalized spacial score (nSPS) is 17.2. The lowest BCUT2D eigenvalue weighted by Gasteiger charge is -2.15. The molecule has 0 saturated carbocycles. The van der Waals surface area contributed by atoms with E-state index in [0.717, 1.165) is 0 Å². The summed E-state index contributed by atoms with van der Waals surface area (Å²) in [5.74, 6) is 0. The van der Waals surface area contributed by atoms with Gasteiger partial charge < -0.3 is 0 Å². The zero-order chi connectivity index (χ0) is 14.0. The van der Waals surface area contributed by atoms with Crippen LogP contribution in [0.1, 0.15) is 58.3 Å². The van der Waals surface area contributed by atoms with Crippen molar-refractivity contribution in [3.05, 3.63) is 53.0 Å². The molecule has 0 aromatic heterocycles. The molecule has 2 rings (SSSR count). The van der Waals surface area contributed by atoms with E-state index in [1.54, 1.807) is 10.5 Å². The van der Waals surface area contributed by atoms with Gasteiger partial charge >= 0.3 is 0 Å². The Bertz CT molecular complexity index is 442. The van der Waals surface area contributed by atoms with E-state index in [9.17, 15) is 0 Å². The van der Waals surface area contributed by atoms with Crippen molar-refractivity contribution in [2.24, 2.45) is 0 Å². The van der Waals surface area contributed by atoms with Crippen LogP contribution in [0, 0.1) is 0 Å². The van der Waals surface area contributed by atoms with E-state index in [-0.39, 0.29) is 0 Å². The lowest BCUT2D eigenvalue weighted by Crippen LogP contribution is -1.93. The van der Waals surface area contributed by atoms with Crippen LogP contribution in [0.3, 0.4) is 0 Å². The number of hydrogen-bond donors (Lipinski definition) is 0. The van der Waals surface area contributed by atoms with Crippen LogP contribution in [-0.2, 0) is 0 Å². The Morgan fingerprint density at radius 2 is 1.95 bits per heavy atom. The molecule has 0 nitrogen and oxygen atoms in total. The molecule has 0 unspecified atom stereocenters. The van der Waals surface area contributed by atoms with Crippen LogP contribution in [0.4, 0.5) is 0 Å². The van der Waals surface area contributed by atoms with E-state index >= 15 is 0 Å². The predicted molar refractivity (Wildman–Crippen MR) is 91.1 cm³/mol. The summed E-state index contributed by atoms with van der Waals surface area (Å²) in [4.78, 5) is 2.98. The van der Waals surface area contributed by atoms with E-state index in [0.29, 0.717) is 0 Å². The number of allylic oxidation sites excluding steroid dienone is 4. The summed E-state index contributed by atoms with van der Waals surface area (Å²) in [5, 5.41) is 0. The maximum Gasteiger partial charge on any atom is 0.0119 e. The van der Waals surface area contributed by atoms with E-state index in [1.807, 2.05) is 11.8 Å². The fourth-order valence-electron chi connectivity index (χ4n) is 2.57. The number of rotatable bonds is 7. The van der Waals surface area contributed by atoms with E-state index in [4.69, 9.17) is 0 Å². The minimum atomic E-state index is 1.25. The maximum atomic E-state index is 2.37. The summed E-state index contributed by atoms with van der Waals surface area (Å²) in [6, 6.07) is 10.8. The largest absolute Gasteiger partial charge is 0.0943 e. The Morgan fingerprint density at radius 1 is 1.10 bits per heavy atom. The summed E-state index contributed by atoms with van der Waals surface area (Å²) in [7, 11) is 0. The number of unbranched alkanes of at least 4 members (excludes halogenated alkanes) is 3. The van der Waals surface area contributed by atoms with Gasteiger partial charge in [0.2, 0.25) is 0 Å². The summed E-state index contributed by atoms with van der Waals surface area (Å²) >= 11 is 1.98. The SMILES string of the molecule is CCCCCC/C(Sc1ccccc1)=C1/C=CCCC1. The van der Waals surface area contributed by atoms with Crippen LogP contribution in [0.5, 0.6) is 0 Å². The molecule has 0 radical (unpaired) electrons. The van der Waals surface area contributed by atoms with Crippen LogP contribution in [0.25, 0.3) is 0 Å². The second kappa shape index (κ2) is 9.07. The molecule has 1 aliphatic carbocycles. The molecule has 1 aromatic carbocycles. The van der Waals surface area contributed by atoms with Crippen LogP contribution in [-0.4, -0.2) is 0 Å². The zero-order valence-corrected chi connectivity index (χ0v) is 13.4. The van der Waals surface area contributed by atoms with Crippen molar-refractivity contribution in [2.75, 3.05) is 0 Å². The van der Waals surface area contributed by atoms with E-state index < -0.39 is 0 Å². The van der Waals surface area contributed by atoms with Crippen molar-refractivity contribution >= 4 is 11.8 Å². The maximum absolute atomic E-state index is 2.37. The van der Waals surface area contributed by atoms with Crippen LogP contribution < -0.4 is 0 Å². The van der Waals surface area contributed by atoms with Gasteiger partial charge in [0.05, 0.1) is 0 Å². The molecule has 0 aliphatic heterocycles. The van der Waals surface area contributed by atoms with Crippen molar-refractivity contribution in [1.82, 2.24) is 0 Å². The molecule has 0 amide bonds. The first-order chi connectivity index (χ1) is 9.90. The molecule has 0 bridgehead atoms. The van der Waals surface area contributed by atoms with Gasteiger partial charge in [-0.15, -0.1) is 0 Å². The molecule has 0 heterocycles. The quantitative estimate of drug-likeness (QED) is 0.395. The second-order valence-electron chi connectivity index (χ2n) is 5.47. The molecule has 20 heavy (non-hydrogen) atoms. The first-order valence-electron chi connectivity index (χ1n) is 8.01. The van der Waals surface area contributed by atoms with Gasteiger partial charge in [0.15, 0.2) is 0 Å². The van der Waals surface area contributed by atoms with Crippen molar-refractivity contribution < 1.29 is 0 Å². The summed E-state index contributed by atoms with van der Waals surface area (Å²) in [5.41, 5.74) is 1.58. The van der Waals surface area contributed by atoms with E-state index in [1.165, 1.54) is 56.3 Å². The molecule has 1 aliphatic rings. The summed E-state index contributed by atoms with van der Waals surface area (Å²) in [6.07, 6.45) is 15.2. The third kappa shape index (κ3) is 5.20. The van der Waals surface area contributed by atoms with Gasteiger partial charge in [-0.25, -0.2) is 0 Å². The topological polar surface area (TPSA) is 0 Å². The van der Waals surface area contributed by atoms with Gasteiger partial charge in [-0.1, -0.05) is 68.3 Å². The molecule has 0 atom stereocenters. The van der Waals surface area contributed by atoms with E-state index in [2.05, 4.69) is 49.4 Å². The third-order valence-corrected chi connectivity index (χ3v) is 4.96. The second-order valence-corrected chi connectivity index (χ2v) is 6.64. The van der Waals surface area contributed by atoms with Gasteiger partial charge in [0.25, 0.3) is 0 Å². The Kier molecular flexibility index (Phi) is 7.00. The Hall–Kier alpha value is -0.950. The fraction of sp³-hybridized carbons (Fsp3) is 0.474. The van der Waals surface area contributed by atoms with Gasteiger partial charge in [-0.3, -0.25) is 0 Å². The summed E-state index contributed by atoms with van der Waals surface area (Å²) in [6.45, 7) is 2.28. The highest BCUT2D eigenvalue weighted by molar-refractivity contribution is 8.03. The first-order valence-corrected chi connectivity index (χ1v) is 8.83. The van der Waals surface area contributed by atoms with Gasteiger partial charge in [-0.05, 0) is 54.7 Å². The van der Waals surface area contributed by atoms with Crippen molar-refractivity contribution in [3.8, 4) is 0 Å². The molecule has 0 N–H and O–H groups in total. The minimum absolute atomic E-state index is 1.25. The highest BCUT2D eigenvalue weighted by atomic mass is 32.2. The lowest BCUT2D eigenvalue weighted by atomic mass is 10.00. The lowest BCUT2D eigenvalue weighted by molar-refractivity contribution is 0.669. The number of thioether (sulfide) groups is 1. The molecular weight excluding hydrogens is 260 g/mol. The van der Waals surface area contributed by atoms with Crippen LogP contribution in [0.15, 0.2) is 57.9 Å². The molecule has 0 fully saturated rings. The molecule has 0 saturated heterocycles. The highest BCUT2D eigenvalue weighted by Crippen LogP contribution is 2.35. The minimum Gasteiger partial charge on any atom is -0.0943 e. The average molecular weight is 286 g/mol. The fourth-order valence-corrected chi connectivity index (χ4v) is 3.70. The smallest absolute Gasteiger partial charge is 0.0119 e. The Labute approximate surface area is 128 Å². The molecule has 0 spiro atoms. The monoisotopic (exact) mass is 286 g/mol. The number of benzene rings is 1. The van der Waals surface area contributed by atoms with Crippen molar-refractivity contribution in [1.29, 1.82) is 0 Å². The van der Waals surface area contributed by atoms with Crippen LogP contribution >= 0.6 is 11.8 Å². The molecule has 1 aromatic rings. The molecule has 1 heteroatoms. The standard InChI is InChI=1S/C19H26S/c1-2-3-4-11-16-19(17-12-7-5-8-13-17)20-18-14-9-6-10-15-18/h6-7,9-10,12,14-15H,2-5,8,11,13,16H2,1H3/b19-17+. The van der Waals surface area contributed by atoms with Crippen molar-refractivity contribution in [3.63, 3.8) is 0 Å². The summed E-state index contributed by atoms with van der Waals surface area (Å²) < 4.78 is 0. The van der Waals surface area contributed by atoms with Gasteiger partial charge in [0, 0.05) is 4.90 Å². The molecule has 108 valence electrons. The predicted octanol–water partition coefficient (Wildman–Crippen LogP) is 6.74. The average Bonchev–Trinajstić information content (AvgIpc) is 2.52. The Morgan fingerprint density at radius 3 is 2.65 bits per heavy atom. The van der Waals surface area contributed by atoms with Gasteiger partial charge in [0.1, 0.15) is 0 Å². The van der Waals surface area contributed by atoms with Crippen LogP contribution in [0.2, 0.25) is 0 Å². The third-order valence-electron chi connectivity index (χ3n) is 3.74. The van der Waals surface area contributed by atoms with Gasteiger partial charge in [-0.2, -0.15) is 0 Å². The van der Waals surface area contributed by atoms with Crippen molar-refractivity contribution in [2.45, 2.75) is 63.2 Å². The zero-order valence-electron chi connectivity index (χ0n) is 12.6. The Balaban J connectivity index is 2.03. The number of hydrogen-bond acceptors (Lipinski definition) is 1. The highest BCUT2D eigenvalue weighted by Gasteiger charge is 2.09. The first kappa shape index (κ1) is 15.4. The molecular formula is C19H26S.